The molecule has 1 aliphatic rings. The van der Waals surface area contributed by atoms with E-state index in [1.807, 2.05) is 0 Å². The number of thiazole rings is 1. The number of fused-ring (bicyclic) bond motifs is 1. The third-order valence-electron chi connectivity index (χ3n) is 4.87. The molecule has 0 saturated carbocycles. The van der Waals surface area contributed by atoms with Gasteiger partial charge in [-0.25, -0.2) is 9.97 Å². The van der Waals surface area contributed by atoms with Crippen LogP contribution in [0.5, 0.6) is 0 Å². The number of alkyl halides is 6. The molecule has 2 amide bonds. The van der Waals surface area contributed by atoms with Crippen molar-refractivity contribution in [3.63, 3.8) is 0 Å². The van der Waals surface area contributed by atoms with Crippen LogP contribution < -0.4 is 5.32 Å². The zero-order chi connectivity index (χ0) is 24.7. The van der Waals surface area contributed by atoms with Crippen LogP contribution in [0.2, 0.25) is 0 Å². The maximum Gasteiger partial charge on any atom is 0.416 e. The van der Waals surface area contributed by atoms with Gasteiger partial charge in [-0.2, -0.15) is 26.3 Å². The molecule has 4 rings (SSSR count). The number of hydrogen-bond acceptors (Lipinski definition) is 6. The van der Waals surface area contributed by atoms with Crippen LogP contribution in [0.3, 0.4) is 0 Å². The Morgan fingerprint density at radius 1 is 1.00 bits per heavy atom. The number of halogens is 6. The summed E-state index contributed by atoms with van der Waals surface area (Å²) in [5.41, 5.74) is -3.21. The minimum Gasteiger partial charge on any atom is -0.333 e. The first-order chi connectivity index (χ1) is 15.9. The monoisotopic (exact) mass is 501 g/mol. The highest BCUT2D eigenvalue weighted by atomic mass is 32.1. The van der Waals surface area contributed by atoms with Gasteiger partial charge in [0, 0.05) is 35.8 Å². The molecule has 0 saturated heterocycles. The molecule has 0 spiro atoms. The van der Waals surface area contributed by atoms with E-state index in [0.717, 1.165) is 16.2 Å². The fraction of sp³-hybridized carbons (Fsp3) is 0.250. The lowest BCUT2D eigenvalue weighted by Crippen LogP contribution is -2.35. The molecule has 0 fully saturated rings. The van der Waals surface area contributed by atoms with Crippen molar-refractivity contribution < 1.29 is 35.9 Å². The molecular weight excluding hydrogens is 488 g/mol. The normalized spacial score (nSPS) is 14.0. The van der Waals surface area contributed by atoms with Crippen molar-refractivity contribution in [2.45, 2.75) is 25.3 Å². The van der Waals surface area contributed by atoms with Crippen LogP contribution in [0.4, 0.5) is 31.5 Å². The van der Waals surface area contributed by atoms with Crippen LogP contribution in [0.25, 0.3) is 0 Å². The van der Waals surface area contributed by atoms with Gasteiger partial charge in [0.25, 0.3) is 11.8 Å². The SMILES string of the molecule is O=C(Nc1nc2c(s1)CN(C(=O)c1cc(C(F)(F)F)cc(C(F)(F)F)c1)CC2)c1cnccn1. The van der Waals surface area contributed by atoms with Gasteiger partial charge in [-0.15, -0.1) is 0 Å². The zero-order valence-electron chi connectivity index (χ0n) is 16.9. The number of nitrogens with one attached hydrogen (secondary N) is 1. The number of anilines is 1. The third kappa shape index (κ3) is 5.00. The average Bonchev–Trinajstić information content (AvgIpc) is 3.19. The molecular formula is C20H13F6N5O2S. The van der Waals surface area contributed by atoms with Gasteiger partial charge >= 0.3 is 12.4 Å². The van der Waals surface area contributed by atoms with Crippen molar-refractivity contribution >= 4 is 28.3 Å². The van der Waals surface area contributed by atoms with Crippen LogP contribution in [0, 0.1) is 0 Å². The van der Waals surface area contributed by atoms with E-state index in [2.05, 4.69) is 20.3 Å². The molecule has 0 aliphatic carbocycles. The van der Waals surface area contributed by atoms with E-state index in [9.17, 15) is 35.9 Å². The standard InChI is InChI=1S/C20H13F6N5O2S/c21-19(22,23)11-5-10(6-12(7-11)20(24,25)26)17(33)31-4-1-13-15(9-31)34-18(29-13)30-16(32)14-8-27-2-3-28-14/h2-3,5-8H,1,4,9H2,(H,29,30,32). The van der Waals surface area contributed by atoms with Gasteiger partial charge in [0.2, 0.25) is 0 Å². The van der Waals surface area contributed by atoms with Crippen LogP contribution in [-0.4, -0.2) is 38.2 Å². The smallest absolute Gasteiger partial charge is 0.333 e. The van der Waals surface area contributed by atoms with E-state index in [-0.39, 0.29) is 36.4 Å². The summed E-state index contributed by atoms with van der Waals surface area (Å²) in [6, 6.07) is 0.791. The Bertz CT molecular complexity index is 1210. The summed E-state index contributed by atoms with van der Waals surface area (Å²) in [6.07, 6.45) is -5.91. The van der Waals surface area contributed by atoms with Crippen LogP contribution in [-0.2, 0) is 25.3 Å². The van der Waals surface area contributed by atoms with E-state index >= 15 is 0 Å². The Hall–Kier alpha value is -3.55. The molecule has 1 aliphatic heterocycles. The van der Waals surface area contributed by atoms with Crippen LogP contribution in [0.15, 0.2) is 36.8 Å². The maximum absolute atomic E-state index is 13.1. The Balaban J connectivity index is 1.55. The number of amides is 2. The molecule has 0 radical (unpaired) electrons. The third-order valence-corrected chi connectivity index (χ3v) is 5.87. The first-order valence-corrected chi connectivity index (χ1v) is 10.4. The number of hydrogen-bond donors (Lipinski definition) is 1. The van der Waals surface area contributed by atoms with Crippen LogP contribution >= 0.6 is 11.3 Å². The van der Waals surface area contributed by atoms with Crippen molar-refractivity contribution in [1.82, 2.24) is 19.9 Å². The number of aromatic nitrogens is 3. The number of nitrogens with zero attached hydrogens (tertiary/aromatic N) is 4. The number of benzene rings is 1. The molecule has 7 nitrogen and oxygen atoms in total. The van der Waals surface area contributed by atoms with E-state index in [1.165, 1.54) is 18.6 Å². The van der Waals surface area contributed by atoms with Gasteiger partial charge in [-0.05, 0) is 18.2 Å². The summed E-state index contributed by atoms with van der Waals surface area (Å²) in [7, 11) is 0. The number of carbonyl (C=O) groups excluding carboxylic acids is 2. The molecule has 1 aromatic carbocycles. The Morgan fingerprint density at radius 2 is 1.68 bits per heavy atom. The van der Waals surface area contributed by atoms with Gasteiger partial charge < -0.3 is 4.90 Å². The fourth-order valence-corrected chi connectivity index (χ4v) is 4.28. The van der Waals surface area contributed by atoms with Crippen molar-refractivity contribution in [2.24, 2.45) is 0 Å². The molecule has 14 heteroatoms. The van der Waals surface area contributed by atoms with Crippen molar-refractivity contribution in [3.8, 4) is 0 Å². The Kier molecular flexibility index (Phi) is 6.02. The second kappa shape index (κ2) is 8.66. The molecule has 0 bridgehead atoms. The Morgan fingerprint density at radius 3 is 2.26 bits per heavy atom. The summed E-state index contributed by atoms with van der Waals surface area (Å²) >= 11 is 1.04. The van der Waals surface area contributed by atoms with E-state index in [1.54, 1.807) is 0 Å². The average molecular weight is 501 g/mol. The minimum absolute atomic E-state index is 0.0274. The molecule has 2 aromatic heterocycles. The molecule has 178 valence electrons. The molecule has 0 atom stereocenters. The lowest BCUT2D eigenvalue weighted by molar-refractivity contribution is -0.143. The highest BCUT2D eigenvalue weighted by Gasteiger charge is 2.38. The predicted octanol–water partition coefficient (Wildman–Crippen LogP) is 4.42. The van der Waals surface area contributed by atoms with Gasteiger partial charge in [0.15, 0.2) is 5.13 Å². The van der Waals surface area contributed by atoms with E-state index in [4.69, 9.17) is 0 Å². The highest BCUT2D eigenvalue weighted by Crippen LogP contribution is 2.37. The van der Waals surface area contributed by atoms with Gasteiger partial charge in [0.05, 0.1) is 29.6 Å². The lowest BCUT2D eigenvalue weighted by atomic mass is 10.0. The van der Waals surface area contributed by atoms with Crippen LogP contribution in [0.1, 0.15) is 42.5 Å². The second-order valence-electron chi connectivity index (χ2n) is 7.20. The zero-order valence-corrected chi connectivity index (χ0v) is 17.7. The highest BCUT2D eigenvalue weighted by molar-refractivity contribution is 7.15. The number of carbonyl (C=O) groups is 2. The van der Waals surface area contributed by atoms with E-state index < -0.39 is 40.9 Å². The molecule has 1 N–H and O–H groups in total. The van der Waals surface area contributed by atoms with Crippen molar-refractivity contribution in [3.05, 3.63) is 69.7 Å². The lowest BCUT2D eigenvalue weighted by Gasteiger charge is -2.26. The van der Waals surface area contributed by atoms with Gasteiger partial charge in [-0.3, -0.25) is 19.9 Å². The molecule has 3 heterocycles. The summed E-state index contributed by atoms with van der Waals surface area (Å²) in [6.45, 7) is -0.0465. The largest absolute Gasteiger partial charge is 0.416 e. The quantitative estimate of drug-likeness (QED) is 0.537. The molecule has 3 aromatic rings. The summed E-state index contributed by atoms with van der Waals surface area (Å²) in [4.78, 5) is 38.7. The molecule has 34 heavy (non-hydrogen) atoms. The summed E-state index contributed by atoms with van der Waals surface area (Å²) in [5.74, 6) is -1.53. The van der Waals surface area contributed by atoms with Gasteiger partial charge in [-0.1, -0.05) is 11.3 Å². The maximum atomic E-state index is 13.1. The summed E-state index contributed by atoms with van der Waals surface area (Å²) < 4.78 is 78.8. The molecule has 0 unspecified atom stereocenters. The summed E-state index contributed by atoms with van der Waals surface area (Å²) in [5, 5.41) is 2.77. The van der Waals surface area contributed by atoms with Crippen molar-refractivity contribution in [1.29, 1.82) is 0 Å². The first-order valence-electron chi connectivity index (χ1n) is 9.56. The topological polar surface area (TPSA) is 88.1 Å². The van der Waals surface area contributed by atoms with Crippen molar-refractivity contribution in [2.75, 3.05) is 11.9 Å². The Labute approximate surface area is 191 Å². The first kappa shape index (κ1) is 23.6. The second-order valence-corrected chi connectivity index (χ2v) is 8.29. The van der Waals surface area contributed by atoms with Gasteiger partial charge in [0.1, 0.15) is 5.69 Å². The predicted molar refractivity (Wildman–Crippen MR) is 107 cm³/mol. The minimum atomic E-state index is -5.06. The number of rotatable bonds is 3. The fourth-order valence-electron chi connectivity index (χ4n) is 3.26. The van der Waals surface area contributed by atoms with E-state index in [0.29, 0.717) is 22.7 Å².